The van der Waals surface area contributed by atoms with Crippen LogP contribution in [0.15, 0.2) is 24.4 Å². The first-order valence-corrected chi connectivity index (χ1v) is 8.85. The Hall–Kier alpha value is -2.36. The van der Waals surface area contributed by atoms with E-state index in [-0.39, 0.29) is 0 Å². The van der Waals surface area contributed by atoms with E-state index in [0.29, 0.717) is 17.7 Å². The molecule has 4 nitrogen and oxygen atoms in total. The number of fused-ring (bicyclic) bond motifs is 1. The molecule has 0 aliphatic rings. The fourth-order valence-corrected chi connectivity index (χ4v) is 3.27. The van der Waals surface area contributed by atoms with Crippen molar-refractivity contribution >= 4 is 11.0 Å². The summed E-state index contributed by atoms with van der Waals surface area (Å²) in [7, 11) is 3.72. The molecular weight excluding hydrogens is 310 g/mol. The Balaban J connectivity index is 2.23. The van der Waals surface area contributed by atoms with Gasteiger partial charge in [0.15, 0.2) is 0 Å². The molecule has 0 bridgehead atoms. The van der Waals surface area contributed by atoms with E-state index < -0.39 is 0 Å². The molecule has 0 aliphatic carbocycles. The fraction of sp³-hybridized carbons (Fsp3) is 0.429. The molecule has 0 N–H and O–H groups in total. The lowest BCUT2D eigenvalue weighted by molar-refractivity contribution is 0.397. The maximum Gasteiger partial charge on any atom is 0.222 e. The summed E-state index contributed by atoms with van der Waals surface area (Å²) in [5.74, 6) is 1.47. The summed E-state index contributed by atoms with van der Waals surface area (Å²) in [6.45, 7) is 10.8. The number of hydrogen-bond acceptors (Lipinski definition) is 3. The van der Waals surface area contributed by atoms with Crippen LogP contribution in [0.5, 0.6) is 5.88 Å². The molecule has 0 aliphatic heterocycles. The van der Waals surface area contributed by atoms with E-state index in [1.165, 1.54) is 10.9 Å². The molecule has 3 rings (SSSR count). The van der Waals surface area contributed by atoms with Crippen molar-refractivity contribution in [1.29, 1.82) is 0 Å². The summed E-state index contributed by atoms with van der Waals surface area (Å²) in [6.07, 6.45) is 2.18. The smallest absolute Gasteiger partial charge is 0.222 e. The lowest BCUT2D eigenvalue weighted by Crippen LogP contribution is -2.00. The number of nitrogens with zero attached hydrogens (tertiary/aromatic N) is 3. The van der Waals surface area contributed by atoms with Gasteiger partial charge >= 0.3 is 0 Å². The van der Waals surface area contributed by atoms with Gasteiger partial charge in [-0.3, -0.25) is 0 Å². The molecule has 0 saturated carbocycles. The van der Waals surface area contributed by atoms with Crippen LogP contribution in [0.4, 0.5) is 0 Å². The Morgan fingerprint density at radius 2 is 1.76 bits per heavy atom. The van der Waals surface area contributed by atoms with Crippen molar-refractivity contribution in [1.82, 2.24) is 14.5 Å². The van der Waals surface area contributed by atoms with E-state index in [4.69, 9.17) is 9.72 Å². The van der Waals surface area contributed by atoms with Crippen molar-refractivity contribution < 1.29 is 4.74 Å². The van der Waals surface area contributed by atoms with Crippen LogP contribution in [0.3, 0.4) is 0 Å². The first kappa shape index (κ1) is 17.5. The largest absolute Gasteiger partial charge is 0.480 e. The van der Waals surface area contributed by atoms with Crippen LogP contribution in [0.25, 0.3) is 22.3 Å². The number of pyridine rings is 2. The van der Waals surface area contributed by atoms with Gasteiger partial charge in [0.05, 0.1) is 18.4 Å². The summed E-state index contributed by atoms with van der Waals surface area (Å²) in [5, 5.41) is 1.23. The molecule has 0 amide bonds. The number of methoxy groups -OCH3 is 1. The van der Waals surface area contributed by atoms with Gasteiger partial charge in [0, 0.05) is 24.3 Å². The van der Waals surface area contributed by atoms with Gasteiger partial charge in [-0.25, -0.2) is 9.97 Å². The molecular formula is C21H27N3O. The van der Waals surface area contributed by atoms with E-state index in [1.54, 1.807) is 7.11 Å². The molecule has 0 unspecified atom stereocenters. The zero-order valence-electron chi connectivity index (χ0n) is 16.2. The summed E-state index contributed by atoms with van der Waals surface area (Å²) in [6, 6.07) is 6.38. The molecule has 0 aromatic carbocycles. The first-order chi connectivity index (χ1) is 11.8. The van der Waals surface area contributed by atoms with Crippen molar-refractivity contribution in [3.8, 4) is 17.1 Å². The van der Waals surface area contributed by atoms with Crippen molar-refractivity contribution in [2.75, 3.05) is 7.11 Å². The minimum atomic E-state index is 0.362. The van der Waals surface area contributed by atoms with Crippen LogP contribution in [0.1, 0.15) is 56.4 Å². The second-order valence-corrected chi connectivity index (χ2v) is 7.32. The van der Waals surface area contributed by atoms with E-state index in [2.05, 4.69) is 75.6 Å². The van der Waals surface area contributed by atoms with Gasteiger partial charge < -0.3 is 9.30 Å². The Bertz CT molecular complexity index is 923. The normalized spacial score (nSPS) is 11.7. The van der Waals surface area contributed by atoms with E-state index in [1.807, 2.05) is 0 Å². The van der Waals surface area contributed by atoms with Crippen molar-refractivity contribution in [2.45, 2.75) is 46.5 Å². The molecule has 3 heterocycles. The highest BCUT2D eigenvalue weighted by atomic mass is 16.5. The van der Waals surface area contributed by atoms with Gasteiger partial charge in [-0.15, -0.1) is 0 Å². The van der Waals surface area contributed by atoms with Crippen LogP contribution in [0.2, 0.25) is 0 Å². The van der Waals surface area contributed by atoms with E-state index >= 15 is 0 Å². The topological polar surface area (TPSA) is 39.9 Å². The van der Waals surface area contributed by atoms with Gasteiger partial charge in [-0.2, -0.15) is 0 Å². The average Bonchev–Trinajstić information content (AvgIpc) is 2.89. The summed E-state index contributed by atoms with van der Waals surface area (Å²) in [5.41, 5.74) is 6.37. The third-order valence-corrected chi connectivity index (χ3v) is 4.71. The standard InChI is InChI=1S/C21H27N3O/c1-12(2)17-11-24(6)20-16(17)10-14(5)19(23-20)15-8-9-18(13(3)4)22-21(15)25-7/h8-13H,1-7H3. The van der Waals surface area contributed by atoms with Gasteiger partial charge in [0.1, 0.15) is 5.65 Å². The third kappa shape index (κ3) is 3.01. The minimum Gasteiger partial charge on any atom is -0.480 e. The van der Waals surface area contributed by atoms with Crippen LogP contribution < -0.4 is 4.74 Å². The van der Waals surface area contributed by atoms with Gasteiger partial charge in [-0.05, 0) is 48.1 Å². The lowest BCUT2D eigenvalue weighted by Gasteiger charge is -2.13. The monoisotopic (exact) mass is 337 g/mol. The Kier molecular flexibility index (Phi) is 4.55. The van der Waals surface area contributed by atoms with Crippen LogP contribution >= 0.6 is 0 Å². The maximum atomic E-state index is 5.57. The molecule has 0 atom stereocenters. The third-order valence-electron chi connectivity index (χ3n) is 4.71. The summed E-state index contributed by atoms with van der Waals surface area (Å²) < 4.78 is 7.68. The Labute approximate surface area is 149 Å². The number of aromatic nitrogens is 3. The fourth-order valence-electron chi connectivity index (χ4n) is 3.27. The second-order valence-electron chi connectivity index (χ2n) is 7.32. The zero-order chi connectivity index (χ0) is 18.3. The Morgan fingerprint density at radius 3 is 2.36 bits per heavy atom. The highest BCUT2D eigenvalue weighted by molar-refractivity contribution is 5.86. The van der Waals surface area contributed by atoms with Crippen LogP contribution in [0, 0.1) is 6.92 Å². The highest BCUT2D eigenvalue weighted by Gasteiger charge is 2.18. The minimum absolute atomic E-state index is 0.362. The molecule has 3 aromatic heterocycles. The molecule has 0 saturated heterocycles. The number of hydrogen-bond donors (Lipinski definition) is 0. The van der Waals surface area contributed by atoms with Crippen molar-refractivity contribution in [3.63, 3.8) is 0 Å². The molecule has 0 spiro atoms. The number of ether oxygens (including phenoxy) is 1. The quantitative estimate of drug-likeness (QED) is 0.657. The molecule has 25 heavy (non-hydrogen) atoms. The Morgan fingerprint density at radius 1 is 1.04 bits per heavy atom. The lowest BCUT2D eigenvalue weighted by atomic mass is 10.0. The van der Waals surface area contributed by atoms with E-state index in [9.17, 15) is 0 Å². The first-order valence-electron chi connectivity index (χ1n) is 8.85. The van der Waals surface area contributed by atoms with Crippen molar-refractivity contribution in [3.05, 3.63) is 41.2 Å². The summed E-state index contributed by atoms with van der Waals surface area (Å²) in [4.78, 5) is 9.65. The predicted molar refractivity (Wildman–Crippen MR) is 103 cm³/mol. The van der Waals surface area contributed by atoms with Crippen molar-refractivity contribution in [2.24, 2.45) is 7.05 Å². The van der Waals surface area contributed by atoms with Gasteiger partial charge in [-0.1, -0.05) is 27.7 Å². The number of rotatable bonds is 4. The van der Waals surface area contributed by atoms with E-state index in [0.717, 1.165) is 28.2 Å². The van der Waals surface area contributed by atoms with Crippen LogP contribution in [-0.4, -0.2) is 21.6 Å². The van der Waals surface area contributed by atoms with Crippen LogP contribution in [-0.2, 0) is 7.05 Å². The van der Waals surface area contributed by atoms with Gasteiger partial charge in [0.2, 0.25) is 5.88 Å². The molecule has 3 aromatic rings. The second kappa shape index (κ2) is 6.51. The molecule has 0 radical (unpaired) electrons. The molecule has 0 fully saturated rings. The number of aryl methyl sites for hydroxylation is 2. The zero-order valence-corrected chi connectivity index (χ0v) is 16.2. The maximum absolute atomic E-state index is 5.57. The predicted octanol–water partition coefficient (Wildman–Crippen LogP) is 5.20. The SMILES string of the molecule is COc1nc(C(C)C)ccc1-c1nc2c(cc1C)c(C(C)C)cn2C. The average molecular weight is 337 g/mol. The molecule has 132 valence electrons. The highest BCUT2D eigenvalue weighted by Crippen LogP contribution is 2.34. The molecule has 4 heteroatoms. The summed E-state index contributed by atoms with van der Waals surface area (Å²) >= 11 is 0. The van der Waals surface area contributed by atoms with Gasteiger partial charge in [0.25, 0.3) is 0 Å².